The van der Waals surface area contributed by atoms with E-state index in [1.807, 2.05) is 0 Å². The Kier molecular flexibility index (Phi) is 5.53. The van der Waals surface area contributed by atoms with Crippen LogP contribution in [-0.4, -0.2) is 47.4 Å². The van der Waals surface area contributed by atoms with Gasteiger partial charge in [0.25, 0.3) is 0 Å². The van der Waals surface area contributed by atoms with Gasteiger partial charge in [-0.15, -0.1) is 0 Å². The minimum atomic E-state index is -0.921. The van der Waals surface area contributed by atoms with E-state index < -0.39 is 11.4 Å². The molecule has 0 aromatic carbocycles. The van der Waals surface area contributed by atoms with Gasteiger partial charge < -0.3 is 15.3 Å². The quantitative estimate of drug-likeness (QED) is 0.784. The van der Waals surface area contributed by atoms with Gasteiger partial charge in [-0.1, -0.05) is 6.92 Å². The first-order chi connectivity index (χ1) is 9.30. The lowest BCUT2D eigenvalue weighted by atomic mass is 9.87. The average molecular weight is 284 g/mol. The van der Waals surface area contributed by atoms with Crippen molar-refractivity contribution in [3.63, 3.8) is 0 Å². The molecule has 1 heterocycles. The van der Waals surface area contributed by atoms with E-state index in [1.165, 1.54) is 6.92 Å². The van der Waals surface area contributed by atoms with Crippen molar-refractivity contribution in [2.45, 2.75) is 40.0 Å². The molecular formula is C14H24N2O4. The molecular weight excluding hydrogens is 260 g/mol. The zero-order valence-electron chi connectivity index (χ0n) is 12.4. The van der Waals surface area contributed by atoms with E-state index in [2.05, 4.69) is 5.32 Å². The molecule has 1 fully saturated rings. The molecule has 1 aliphatic rings. The van der Waals surface area contributed by atoms with Gasteiger partial charge in [-0.05, 0) is 26.2 Å². The zero-order valence-corrected chi connectivity index (χ0v) is 12.4. The number of carboxylic acid groups (broad SMARTS) is 1. The van der Waals surface area contributed by atoms with E-state index in [-0.39, 0.29) is 24.3 Å². The number of aliphatic carboxylic acids is 1. The highest BCUT2D eigenvalue weighted by atomic mass is 16.4. The predicted molar refractivity (Wildman–Crippen MR) is 74.0 cm³/mol. The normalized spacial score (nSPS) is 19.2. The monoisotopic (exact) mass is 284 g/mol. The Morgan fingerprint density at radius 2 is 1.85 bits per heavy atom. The number of amides is 2. The second-order valence-corrected chi connectivity index (χ2v) is 5.72. The highest BCUT2D eigenvalue weighted by Gasteiger charge is 2.33. The molecule has 0 saturated carbocycles. The number of carbonyl (C=O) groups is 3. The lowest BCUT2D eigenvalue weighted by molar-refractivity contribution is -0.148. The fourth-order valence-corrected chi connectivity index (χ4v) is 2.23. The summed E-state index contributed by atoms with van der Waals surface area (Å²) in [6.07, 6.45) is 1.74. The summed E-state index contributed by atoms with van der Waals surface area (Å²) >= 11 is 0. The molecule has 0 spiro atoms. The van der Waals surface area contributed by atoms with Gasteiger partial charge in [0.1, 0.15) is 0 Å². The fraction of sp³-hybridized carbons (Fsp3) is 0.786. The van der Waals surface area contributed by atoms with Gasteiger partial charge in [-0.25, -0.2) is 0 Å². The largest absolute Gasteiger partial charge is 0.481 e. The maximum absolute atomic E-state index is 12.1. The van der Waals surface area contributed by atoms with Gasteiger partial charge in [-0.3, -0.25) is 14.4 Å². The molecule has 1 saturated heterocycles. The van der Waals surface area contributed by atoms with Crippen molar-refractivity contribution in [1.29, 1.82) is 0 Å². The molecule has 6 heteroatoms. The van der Waals surface area contributed by atoms with Crippen LogP contribution in [0.25, 0.3) is 0 Å². The van der Waals surface area contributed by atoms with Crippen LogP contribution in [0.4, 0.5) is 0 Å². The minimum Gasteiger partial charge on any atom is -0.481 e. The molecule has 20 heavy (non-hydrogen) atoms. The summed E-state index contributed by atoms with van der Waals surface area (Å²) in [5.41, 5.74) is -0.921. The summed E-state index contributed by atoms with van der Waals surface area (Å²) < 4.78 is 0. The van der Waals surface area contributed by atoms with E-state index >= 15 is 0 Å². The van der Waals surface area contributed by atoms with Crippen LogP contribution in [0.2, 0.25) is 0 Å². The van der Waals surface area contributed by atoms with Crippen LogP contribution in [0, 0.1) is 11.3 Å². The molecule has 1 rings (SSSR count). The van der Waals surface area contributed by atoms with Crippen LogP contribution in [0.5, 0.6) is 0 Å². The first kappa shape index (κ1) is 16.5. The molecule has 6 nitrogen and oxygen atoms in total. The van der Waals surface area contributed by atoms with Crippen LogP contribution >= 0.6 is 0 Å². The number of piperidine rings is 1. The van der Waals surface area contributed by atoms with Crippen LogP contribution in [0.15, 0.2) is 0 Å². The third-order valence-electron chi connectivity index (χ3n) is 4.26. The van der Waals surface area contributed by atoms with Crippen LogP contribution < -0.4 is 5.32 Å². The maximum atomic E-state index is 12.1. The van der Waals surface area contributed by atoms with Crippen LogP contribution in [-0.2, 0) is 14.4 Å². The Hall–Kier alpha value is -1.59. The van der Waals surface area contributed by atoms with Crippen LogP contribution in [0.3, 0.4) is 0 Å². The molecule has 0 aromatic heterocycles. The molecule has 2 amide bonds. The van der Waals surface area contributed by atoms with Crippen molar-refractivity contribution in [1.82, 2.24) is 10.2 Å². The van der Waals surface area contributed by atoms with Crippen molar-refractivity contribution in [3.8, 4) is 0 Å². The smallest absolute Gasteiger partial charge is 0.311 e. The van der Waals surface area contributed by atoms with Crippen molar-refractivity contribution >= 4 is 17.8 Å². The van der Waals surface area contributed by atoms with Gasteiger partial charge in [0.05, 0.1) is 5.41 Å². The summed E-state index contributed by atoms with van der Waals surface area (Å²) in [5.74, 6) is -1.09. The predicted octanol–water partition coefficient (Wildman–Crippen LogP) is 0.862. The number of hydrogen-bond acceptors (Lipinski definition) is 3. The summed E-state index contributed by atoms with van der Waals surface area (Å²) in [6, 6.07) is 0. The molecule has 1 aliphatic heterocycles. The van der Waals surface area contributed by atoms with Gasteiger partial charge in [-0.2, -0.15) is 0 Å². The zero-order chi connectivity index (χ0) is 15.3. The molecule has 0 bridgehead atoms. The van der Waals surface area contributed by atoms with E-state index in [0.29, 0.717) is 32.4 Å². The number of nitrogens with zero attached hydrogens (tertiary/aromatic N) is 1. The van der Waals surface area contributed by atoms with E-state index in [1.54, 1.807) is 18.7 Å². The first-order valence-corrected chi connectivity index (χ1v) is 7.06. The van der Waals surface area contributed by atoms with Crippen molar-refractivity contribution in [2.24, 2.45) is 11.3 Å². The molecule has 0 aromatic rings. The Morgan fingerprint density at radius 3 is 2.25 bits per heavy atom. The Bertz CT molecular complexity index is 389. The van der Waals surface area contributed by atoms with Crippen molar-refractivity contribution < 1.29 is 19.5 Å². The number of hydrogen-bond donors (Lipinski definition) is 2. The summed E-state index contributed by atoms with van der Waals surface area (Å²) in [4.78, 5) is 36.2. The summed E-state index contributed by atoms with van der Waals surface area (Å²) in [7, 11) is 0. The molecule has 1 atom stereocenters. The molecule has 0 radical (unpaired) electrons. The maximum Gasteiger partial charge on any atom is 0.311 e. The fourth-order valence-electron chi connectivity index (χ4n) is 2.23. The molecule has 0 aliphatic carbocycles. The minimum absolute atomic E-state index is 0.0355. The third kappa shape index (κ3) is 3.95. The Labute approximate surface area is 119 Å². The van der Waals surface area contributed by atoms with Crippen molar-refractivity contribution in [2.75, 3.05) is 19.6 Å². The van der Waals surface area contributed by atoms with Crippen LogP contribution in [0.1, 0.15) is 40.0 Å². The number of likely N-dealkylation sites (tertiary alicyclic amines) is 1. The number of carbonyl (C=O) groups excluding carboxylic acids is 2. The van der Waals surface area contributed by atoms with Gasteiger partial charge in [0.2, 0.25) is 11.8 Å². The molecule has 1 unspecified atom stereocenters. The second kappa shape index (κ2) is 6.72. The van der Waals surface area contributed by atoms with E-state index in [4.69, 9.17) is 5.11 Å². The number of rotatable bonds is 5. The van der Waals surface area contributed by atoms with Crippen molar-refractivity contribution in [3.05, 3.63) is 0 Å². The number of carboxylic acids is 1. The Morgan fingerprint density at radius 1 is 1.30 bits per heavy atom. The average Bonchev–Trinajstić information content (AvgIpc) is 2.44. The summed E-state index contributed by atoms with van der Waals surface area (Å²) in [5, 5.41) is 11.9. The topological polar surface area (TPSA) is 86.7 Å². The van der Waals surface area contributed by atoms with E-state index in [9.17, 15) is 14.4 Å². The first-order valence-electron chi connectivity index (χ1n) is 7.06. The van der Waals surface area contributed by atoms with Gasteiger partial charge in [0, 0.05) is 32.5 Å². The number of nitrogens with one attached hydrogen (secondary N) is 1. The SMILES string of the molecule is CCC(C)(CNC(=O)C1CCN(C(C)=O)CC1)C(=O)O. The van der Waals surface area contributed by atoms with Gasteiger partial charge >= 0.3 is 5.97 Å². The Balaban J connectivity index is 2.45. The van der Waals surface area contributed by atoms with Gasteiger partial charge in [0.15, 0.2) is 0 Å². The lowest BCUT2D eigenvalue weighted by Gasteiger charge is -2.31. The lowest BCUT2D eigenvalue weighted by Crippen LogP contribution is -2.46. The standard InChI is InChI=1S/C14H24N2O4/c1-4-14(3,13(19)20)9-15-12(18)11-5-7-16(8-6-11)10(2)17/h11H,4-9H2,1-3H3,(H,15,18)(H,19,20). The highest BCUT2D eigenvalue weighted by Crippen LogP contribution is 2.21. The summed E-state index contributed by atoms with van der Waals surface area (Å²) in [6.45, 7) is 6.29. The third-order valence-corrected chi connectivity index (χ3v) is 4.26. The molecule has 114 valence electrons. The molecule has 2 N–H and O–H groups in total. The van der Waals surface area contributed by atoms with E-state index in [0.717, 1.165) is 0 Å². The highest BCUT2D eigenvalue weighted by molar-refractivity contribution is 5.81. The second-order valence-electron chi connectivity index (χ2n) is 5.72.